The summed E-state index contributed by atoms with van der Waals surface area (Å²) in [6.45, 7) is 0. The van der Waals surface area contributed by atoms with Crippen LogP contribution >= 0.6 is 0 Å². The average molecular weight is 264 g/mol. The van der Waals surface area contributed by atoms with Crippen LogP contribution in [0.3, 0.4) is 0 Å². The van der Waals surface area contributed by atoms with Gasteiger partial charge in [-0.15, -0.1) is 0 Å². The van der Waals surface area contributed by atoms with Gasteiger partial charge in [-0.3, -0.25) is 10.1 Å². The van der Waals surface area contributed by atoms with Crippen molar-refractivity contribution in [2.45, 2.75) is 12.2 Å². The molecule has 18 heavy (non-hydrogen) atoms. The molecule has 0 saturated heterocycles. The van der Waals surface area contributed by atoms with Crippen LogP contribution < -0.4 is 5.73 Å². The van der Waals surface area contributed by atoms with Crippen LogP contribution in [0, 0.1) is 10.1 Å². The molecule has 1 rings (SSSR count). The summed E-state index contributed by atoms with van der Waals surface area (Å²) in [5.74, 6) is -1.60. The number of aromatic carboxylic acids is 1. The van der Waals surface area contributed by atoms with Gasteiger partial charge in [-0.2, -0.15) is 13.2 Å². The number of carbonyl (C=O) groups is 1. The number of nitro groups is 1. The Labute approximate surface area is 98.0 Å². The van der Waals surface area contributed by atoms with Crippen molar-refractivity contribution >= 4 is 11.7 Å². The largest absolute Gasteiger partial charge is 0.477 e. The van der Waals surface area contributed by atoms with Crippen LogP contribution in [0.25, 0.3) is 0 Å². The molecule has 0 fully saturated rings. The Hall–Kier alpha value is -2.16. The van der Waals surface area contributed by atoms with Crippen LogP contribution in [0.5, 0.6) is 0 Å². The topological polar surface area (TPSA) is 106 Å². The number of rotatable bonds is 3. The zero-order chi connectivity index (χ0) is 14.1. The number of halogens is 3. The molecule has 1 aromatic rings. The normalized spacial score (nSPS) is 13.1. The van der Waals surface area contributed by atoms with Gasteiger partial charge < -0.3 is 10.8 Å². The van der Waals surface area contributed by atoms with Gasteiger partial charge in [0, 0.05) is 6.07 Å². The number of alkyl halides is 3. The van der Waals surface area contributed by atoms with Crippen molar-refractivity contribution in [1.82, 2.24) is 0 Å². The Morgan fingerprint density at radius 2 is 2.00 bits per heavy atom. The standard InChI is InChI=1S/C9H7F3N2O4/c10-9(11,12)7(13)4-1-2-5(8(15)16)6(3-4)14(17)18/h1-3,7H,13H2,(H,15,16)/t7-/m0/s1. The highest BCUT2D eigenvalue weighted by Crippen LogP contribution is 2.32. The Bertz CT molecular complexity index is 501. The molecule has 0 aliphatic heterocycles. The fraction of sp³-hybridized carbons (Fsp3) is 0.222. The van der Waals surface area contributed by atoms with Crippen molar-refractivity contribution in [3.8, 4) is 0 Å². The van der Waals surface area contributed by atoms with E-state index < -0.39 is 39.9 Å². The van der Waals surface area contributed by atoms with Crippen molar-refractivity contribution in [2.75, 3.05) is 0 Å². The van der Waals surface area contributed by atoms with E-state index in [9.17, 15) is 28.1 Å². The number of nitrogens with zero attached hydrogens (tertiary/aromatic N) is 1. The maximum atomic E-state index is 12.3. The summed E-state index contributed by atoms with van der Waals surface area (Å²) in [6.07, 6.45) is -4.77. The van der Waals surface area contributed by atoms with Crippen LogP contribution in [0.15, 0.2) is 18.2 Å². The number of hydrogen-bond acceptors (Lipinski definition) is 4. The molecule has 1 atom stereocenters. The second kappa shape index (κ2) is 4.61. The molecule has 0 aliphatic carbocycles. The fourth-order valence-electron chi connectivity index (χ4n) is 1.26. The maximum absolute atomic E-state index is 12.3. The first kappa shape index (κ1) is 13.9. The fourth-order valence-corrected chi connectivity index (χ4v) is 1.26. The second-order valence-electron chi connectivity index (χ2n) is 3.36. The Morgan fingerprint density at radius 1 is 1.44 bits per heavy atom. The second-order valence-corrected chi connectivity index (χ2v) is 3.36. The summed E-state index contributed by atoms with van der Waals surface area (Å²) in [5.41, 5.74) is 2.68. The Kier molecular flexibility index (Phi) is 3.56. The molecule has 0 unspecified atom stereocenters. The van der Waals surface area contributed by atoms with E-state index in [0.29, 0.717) is 6.07 Å². The summed E-state index contributed by atoms with van der Waals surface area (Å²) in [7, 11) is 0. The summed E-state index contributed by atoms with van der Waals surface area (Å²) in [5, 5.41) is 19.2. The van der Waals surface area contributed by atoms with E-state index in [-0.39, 0.29) is 0 Å². The summed E-state index contributed by atoms with van der Waals surface area (Å²) in [6, 6.07) is -0.364. The minimum Gasteiger partial charge on any atom is -0.477 e. The number of carboxylic acids is 1. The van der Waals surface area contributed by atoms with E-state index in [4.69, 9.17) is 10.8 Å². The van der Waals surface area contributed by atoms with Crippen LogP contribution in [0.1, 0.15) is 22.0 Å². The predicted octanol–water partition coefficient (Wildman–Crippen LogP) is 1.86. The third kappa shape index (κ3) is 2.74. The SMILES string of the molecule is N[C@@H](c1ccc(C(=O)O)c([N+](=O)[O-])c1)C(F)(F)F. The average Bonchev–Trinajstić information content (AvgIpc) is 2.25. The van der Waals surface area contributed by atoms with Gasteiger partial charge in [0.2, 0.25) is 0 Å². The van der Waals surface area contributed by atoms with E-state index in [1.165, 1.54) is 0 Å². The number of benzene rings is 1. The third-order valence-corrected chi connectivity index (χ3v) is 2.16. The Morgan fingerprint density at radius 3 is 2.39 bits per heavy atom. The molecule has 0 aliphatic rings. The van der Waals surface area contributed by atoms with Gasteiger partial charge in [-0.1, -0.05) is 6.07 Å². The molecular weight excluding hydrogens is 257 g/mol. The zero-order valence-electron chi connectivity index (χ0n) is 8.64. The first-order chi connectivity index (χ1) is 8.14. The lowest BCUT2D eigenvalue weighted by molar-refractivity contribution is -0.385. The van der Waals surface area contributed by atoms with Crippen LogP contribution in [-0.2, 0) is 0 Å². The molecular formula is C9H7F3N2O4. The highest BCUT2D eigenvalue weighted by Gasteiger charge is 2.38. The summed E-state index contributed by atoms with van der Waals surface area (Å²) in [4.78, 5) is 20.1. The predicted molar refractivity (Wildman–Crippen MR) is 53.0 cm³/mol. The van der Waals surface area contributed by atoms with Crippen LogP contribution in [-0.4, -0.2) is 22.2 Å². The molecule has 9 heteroatoms. The molecule has 1 aromatic carbocycles. The highest BCUT2D eigenvalue weighted by atomic mass is 19.4. The van der Waals surface area contributed by atoms with Crippen molar-refractivity contribution in [2.24, 2.45) is 5.73 Å². The van der Waals surface area contributed by atoms with Crippen molar-refractivity contribution < 1.29 is 28.0 Å². The van der Waals surface area contributed by atoms with Gasteiger partial charge in [0.25, 0.3) is 5.69 Å². The van der Waals surface area contributed by atoms with Crippen molar-refractivity contribution in [1.29, 1.82) is 0 Å². The van der Waals surface area contributed by atoms with Gasteiger partial charge in [0.15, 0.2) is 0 Å². The van der Waals surface area contributed by atoms with E-state index in [1.807, 2.05) is 0 Å². The molecule has 3 N–H and O–H groups in total. The number of carboxylic acid groups (broad SMARTS) is 1. The van der Waals surface area contributed by atoms with E-state index in [2.05, 4.69) is 0 Å². The lowest BCUT2D eigenvalue weighted by atomic mass is 10.0. The van der Waals surface area contributed by atoms with Gasteiger partial charge in [0.1, 0.15) is 11.6 Å². The maximum Gasteiger partial charge on any atom is 0.407 e. The van der Waals surface area contributed by atoms with E-state index in [0.717, 1.165) is 12.1 Å². The van der Waals surface area contributed by atoms with E-state index >= 15 is 0 Å². The molecule has 6 nitrogen and oxygen atoms in total. The molecule has 98 valence electrons. The summed E-state index contributed by atoms with van der Waals surface area (Å²) < 4.78 is 36.9. The number of nitro benzene ring substituents is 1. The number of hydrogen-bond donors (Lipinski definition) is 2. The van der Waals surface area contributed by atoms with Gasteiger partial charge in [0.05, 0.1) is 4.92 Å². The van der Waals surface area contributed by atoms with Crippen molar-refractivity contribution in [3.63, 3.8) is 0 Å². The molecule has 0 spiro atoms. The van der Waals surface area contributed by atoms with Crippen LogP contribution in [0.2, 0.25) is 0 Å². The monoisotopic (exact) mass is 264 g/mol. The van der Waals surface area contributed by atoms with Gasteiger partial charge in [-0.25, -0.2) is 4.79 Å². The molecule has 0 aromatic heterocycles. The zero-order valence-corrected chi connectivity index (χ0v) is 8.64. The minimum absolute atomic E-state index is 0.515. The first-order valence-corrected chi connectivity index (χ1v) is 4.48. The highest BCUT2D eigenvalue weighted by molar-refractivity contribution is 5.92. The molecule has 0 bridgehead atoms. The smallest absolute Gasteiger partial charge is 0.407 e. The van der Waals surface area contributed by atoms with Gasteiger partial charge >= 0.3 is 12.1 Å². The molecule has 0 amide bonds. The van der Waals surface area contributed by atoms with Gasteiger partial charge in [-0.05, 0) is 11.6 Å². The molecule has 0 heterocycles. The number of nitrogens with two attached hydrogens (primary N) is 1. The van der Waals surface area contributed by atoms with Crippen molar-refractivity contribution in [3.05, 3.63) is 39.4 Å². The van der Waals surface area contributed by atoms with E-state index in [1.54, 1.807) is 0 Å². The lowest BCUT2D eigenvalue weighted by Crippen LogP contribution is -2.28. The quantitative estimate of drug-likeness (QED) is 0.640. The minimum atomic E-state index is -4.77. The van der Waals surface area contributed by atoms with Crippen LogP contribution in [0.4, 0.5) is 18.9 Å². The summed E-state index contributed by atoms with van der Waals surface area (Å²) >= 11 is 0. The first-order valence-electron chi connectivity index (χ1n) is 4.48. The molecule has 0 radical (unpaired) electrons. The molecule has 0 saturated carbocycles. The third-order valence-electron chi connectivity index (χ3n) is 2.16. The Balaban J connectivity index is 3.32. The lowest BCUT2D eigenvalue weighted by Gasteiger charge is -2.15.